The molecular weight excluding hydrogens is 386 g/mol. The molecule has 4 rings (SSSR count). The smallest absolute Gasteiger partial charge is 0.248 e. The predicted molar refractivity (Wildman–Crippen MR) is 113 cm³/mol. The van der Waals surface area contributed by atoms with Gasteiger partial charge in [-0.1, -0.05) is 6.07 Å². The number of benzene rings is 1. The monoisotopic (exact) mass is 411 g/mol. The summed E-state index contributed by atoms with van der Waals surface area (Å²) in [4.78, 5) is 10.8. The fourth-order valence-corrected chi connectivity index (χ4v) is 3.13. The Morgan fingerprint density at radius 1 is 1.17 bits per heavy atom. The maximum atomic E-state index is 5.98. The highest BCUT2D eigenvalue weighted by Crippen LogP contribution is 2.31. The minimum Gasteiger partial charge on any atom is -0.493 e. The SMILES string of the molecule is COc1cc(Nc2nc(N)n(-c3ccccn3)n2)ccc1OCCN1CCOCC1. The normalized spacial score (nSPS) is 14.4. The minimum absolute atomic E-state index is 0.242. The van der Waals surface area contributed by atoms with E-state index in [0.717, 1.165) is 38.5 Å². The van der Waals surface area contributed by atoms with E-state index < -0.39 is 0 Å². The fraction of sp³-hybridized carbons (Fsp3) is 0.350. The molecule has 1 aromatic carbocycles. The molecule has 2 aromatic heterocycles. The summed E-state index contributed by atoms with van der Waals surface area (Å²) in [5.41, 5.74) is 6.73. The summed E-state index contributed by atoms with van der Waals surface area (Å²) in [6.07, 6.45) is 1.67. The predicted octanol–water partition coefficient (Wildman–Crippen LogP) is 1.71. The second-order valence-electron chi connectivity index (χ2n) is 6.69. The summed E-state index contributed by atoms with van der Waals surface area (Å²) >= 11 is 0. The maximum absolute atomic E-state index is 5.98. The largest absolute Gasteiger partial charge is 0.493 e. The summed E-state index contributed by atoms with van der Waals surface area (Å²) < 4.78 is 18.2. The van der Waals surface area contributed by atoms with E-state index in [1.54, 1.807) is 19.4 Å². The lowest BCUT2D eigenvalue weighted by molar-refractivity contribution is 0.0321. The molecule has 0 spiro atoms. The molecule has 158 valence electrons. The molecule has 1 aliphatic heterocycles. The van der Waals surface area contributed by atoms with Crippen LogP contribution in [-0.4, -0.2) is 71.2 Å². The van der Waals surface area contributed by atoms with Crippen LogP contribution in [0.2, 0.25) is 0 Å². The van der Waals surface area contributed by atoms with Gasteiger partial charge in [-0.15, -0.1) is 5.10 Å². The number of anilines is 3. The van der Waals surface area contributed by atoms with Gasteiger partial charge in [0, 0.05) is 37.6 Å². The Morgan fingerprint density at radius 2 is 2.03 bits per heavy atom. The molecule has 0 radical (unpaired) electrons. The van der Waals surface area contributed by atoms with Crippen LogP contribution < -0.4 is 20.5 Å². The molecular formula is C20H25N7O3. The van der Waals surface area contributed by atoms with Gasteiger partial charge in [0.25, 0.3) is 0 Å². The van der Waals surface area contributed by atoms with Gasteiger partial charge in [0.2, 0.25) is 11.9 Å². The van der Waals surface area contributed by atoms with Crippen LogP contribution in [0.15, 0.2) is 42.6 Å². The number of hydrogen-bond donors (Lipinski definition) is 2. The number of nitrogens with one attached hydrogen (secondary N) is 1. The molecule has 3 N–H and O–H groups in total. The van der Waals surface area contributed by atoms with E-state index in [1.807, 2.05) is 30.3 Å². The second kappa shape index (κ2) is 9.42. The Labute approximate surface area is 174 Å². The number of hydrogen-bond acceptors (Lipinski definition) is 9. The molecule has 0 aliphatic carbocycles. The number of morpholine rings is 1. The number of methoxy groups -OCH3 is 1. The molecule has 10 heteroatoms. The Hall–Kier alpha value is -3.37. The van der Waals surface area contributed by atoms with Crippen LogP contribution in [0.3, 0.4) is 0 Å². The summed E-state index contributed by atoms with van der Waals surface area (Å²) in [7, 11) is 1.61. The van der Waals surface area contributed by atoms with Crippen molar-refractivity contribution in [3.05, 3.63) is 42.6 Å². The van der Waals surface area contributed by atoms with E-state index in [0.29, 0.717) is 29.9 Å². The molecule has 0 atom stereocenters. The van der Waals surface area contributed by atoms with Crippen LogP contribution in [0.4, 0.5) is 17.6 Å². The first-order chi connectivity index (χ1) is 14.7. The molecule has 1 fully saturated rings. The Bertz CT molecular complexity index is 958. The maximum Gasteiger partial charge on any atom is 0.248 e. The number of nitrogens with zero attached hydrogens (tertiary/aromatic N) is 5. The lowest BCUT2D eigenvalue weighted by Crippen LogP contribution is -2.38. The van der Waals surface area contributed by atoms with Gasteiger partial charge in [-0.25, -0.2) is 4.98 Å². The summed E-state index contributed by atoms with van der Waals surface area (Å²) in [5, 5.41) is 7.51. The van der Waals surface area contributed by atoms with Crippen molar-refractivity contribution in [2.24, 2.45) is 0 Å². The first-order valence-electron chi connectivity index (χ1n) is 9.75. The van der Waals surface area contributed by atoms with Crippen LogP contribution in [0.5, 0.6) is 11.5 Å². The molecule has 10 nitrogen and oxygen atoms in total. The summed E-state index contributed by atoms with van der Waals surface area (Å²) in [6.45, 7) is 4.85. The average Bonchev–Trinajstić information content (AvgIpc) is 3.15. The van der Waals surface area contributed by atoms with Gasteiger partial charge in [0.1, 0.15) is 6.61 Å². The molecule has 0 unspecified atom stereocenters. The Balaban J connectivity index is 1.40. The highest BCUT2D eigenvalue weighted by atomic mass is 16.5. The molecule has 0 saturated carbocycles. The molecule has 0 amide bonds. The Kier molecular flexibility index (Phi) is 6.26. The van der Waals surface area contributed by atoms with Gasteiger partial charge >= 0.3 is 0 Å². The van der Waals surface area contributed by atoms with Crippen LogP contribution >= 0.6 is 0 Å². The number of nitrogens with two attached hydrogens (primary N) is 1. The first-order valence-corrected chi connectivity index (χ1v) is 9.75. The van der Waals surface area contributed by atoms with Crippen molar-refractivity contribution < 1.29 is 14.2 Å². The fourth-order valence-electron chi connectivity index (χ4n) is 3.13. The van der Waals surface area contributed by atoms with E-state index in [4.69, 9.17) is 19.9 Å². The zero-order valence-electron chi connectivity index (χ0n) is 16.8. The van der Waals surface area contributed by atoms with Gasteiger partial charge in [0.05, 0.1) is 20.3 Å². The van der Waals surface area contributed by atoms with E-state index in [-0.39, 0.29) is 5.95 Å². The van der Waals surface area contributed by atoms with Gasteiger partial charge in [-0.3, -0.25) is 4.90 Å². The van der Waals surface area contributed by atoms with Crippen LogP contribution in [-0.2, 0) is 4.74 Å². The number of pyridine rings is 1. The topological polar surface area (TPSA) is 113 Å². The number of ether oxygens (including phenoxy) is 3. The number of aromatic nitrogens is 4. The van der Waals surface area contributed by atoms with Crippen LogP contribution in [0.25, 0.3) is 5.82 Å². The van der Waals surface area contributed by atoms with Crippen molar-refractivity contribution >= 4 is 17.6 Å². The lowest BCUT2D eigenvalue weighted by Gasteiger charge is -2.26. The lowest BCUT2D eigenvalue weighted by atomic mass is 10.2. The van der Waals surface area contributed by atoms with Crippen molar-refractivity contribution in [1.82, 2.24) is 24.6 Å². The quantitative estimate of drug-likeness (QED) is 0.572. The highest BCUT2D eigenvalue weighted by molar-refractivity contribution is 5.60. The highest BCUT2D eigenvalue weighted by Gasteiger charge is 2.13. The minimum atomic E-state index is 0.242. The molecule has 0 bridgehead atoms. The average molecular weight is 411 g/mol. The third-order valence-corrected chi connectivity index (χ3v) is 4.69. The van der Waals surface area contributed by atoms with Crippen LogP contribution in [0.1, 0.15) is 0 Å². The first kappa shape index (κ1) is 19.9. The zero-order valence-corrected chi connectivity index (χ0v) is 16.8. The van der Waals surface area contributed by atoms with Crippen molar-refractivity contribution in [3.63, 3.8) is 0 Å². The third kappa shape index (κ3) is 4.78. The van der Waals surface area contributed by atoms with Crippen molar-refractivity contribution in [3.8, 4) is 17.3 Å². The standard InChI is InChI=1S/C20H25N7O3/c1-28-17-14-15(5-6-16(17)30-13-10-26-8-11-29-12-9-26)23-20-24-19(21)27(25-20)18-4-2-3-7-22-18/h2-7,14H,8-13H2,1H3,(H3,21,23,24,25). The molecule has 1 aliphatic rings. The number of rotatable bonds is 8. The van der Waals surface area contributed by atoms with E-state index >= 15 is 0 Å². The van der Waals surface area contributed by atoms with E-state index in [9.17, 15) is 0 Å². The Morgan fingerprint density at radius 3 is 2.80 bits per heavy atom. The summed E-state index contributed by atoms with van der Waals surface area (Å²) in [5.74, 6) is 2.51. The van der Waals surface area contributed by atoms with E-state index in [2.05, 4.69) is 25.3 Å². The van der Waals surface area contributed by atoms with E-state index in [1.165, 1.54) is 4.68 Å². The van der Waals surface area contributed by atoms with Crippen molar-refractivity contribution in [2.75, 3.05) is 57.6 Å². The third-order valence-electron chi connectivity index (χ3n) is 4.69. The molecule has 1 saturated heterocycles. The van der Waals surface area contributed by atoms with Crippen molar-refractivity contribution in [2.45, 2.75) is 0 Å². The van der Waals surface area contributed by atoms with Crippen molar-refractivity contribution in [1.29, 1.82) is 0 Å². The molecule has 3 heterocycles. The van der Waals surface area contributed by atoms with Gasteiger partial charge < -0.3 is 25.3 Å². The zero-order chi connectivity index (χ0) is 20.8. The summed E-state index contributed by atoms with van der Waals surface area (Å²) in [6, 6.07) is 11.1. The molecule has 3 aromatic rings. The number of nitrogen functional groups attached to an aromatic ring is 1. The molecule has 30 heavy (non-hydrogen) atoms. The van der Waals surface area contributed by atoms with Gasteiger partial charge in [-0.2, -0.15) is 9.67 Å². The second-order valence-corrected chi connectivity index (χ2v) is 6.69. The van der Waals surface area contributed by atoms with Gasteiger partial charge in [0.15, 0.2) is 17.3 Å². The van der Waals surface area contributed by atoms with Gasteiger partial charge in [-0.05, 0) is 24.3 Å². The van der Waals surface area contributed by atoms with Crippen LogP contribution in [0, 0.1) is 0 Å².